The number of para-hydroxylation sites is 1. The Hall–Kier alpha value is -1.51. The molecule has 2 aromatic carbocycles. The SMILES string of the molecule is CS(=O)(=O)OS1=C(/C=C2/Nc3ccccc3S2)C=C(Cl)c2ccccc21. The van der Waals surface area contributed by atoms with Gasteiger partial charge >= 0.3 is 0 Å². The van der Waals surface area contributed by atoms with Gasteiger partial charge in [-0.15, -0.1) is 0 Å². The van der Waals surface area contributed by atoms with E-state index in [0.29, 0.717) is 9.90 Å². The van der Waals surface area contributed by atoms with Gasteiger partial charge in [-0.25, -0.2) is 3.63 Å². The van der Waals surface area contributed by atoms with Crippen LogP contribution in [0.4, 0.5) is 5.69 Å². The molecule has 0 radical (unpaired) electrons. The third-order valence-electron chi connectivity index (χ3n) is 3.66. The number of hydrogen-bond acceptors (Lipinski definition) is 5. The number of fused-ring (bicyclic) bond motifs is 2. The zero-order chi connectivity index (χ0) is 18.3. The van der Waals surface area contributed by atoms with Gasteiger partial charge in [0.25, 0.3) is 10.1 Å². The fraction of sp³-hybridized carbons (Fsp3) is 0.0556. The first-order valence-corrected chi connectivity index (χ1v) is 11.8. The highest BCUT2D eigenvalue weighted by molar-refractivity contribution is 8.17. The topological polar surface area (TPSA) is 55.4 Å². The van der Waals surface area contributed by atoms with Crippen LogP contribution in [-0.2, 0) is 13.7 Å². The smallest absolute Gasteiger partial charge is 0.274 e. The summed E-state index contributed by atoms with van der Waals surface area (Å²) in [5.74, 6) is 0. The summed E-state index contributed by atoms with van der Waals surface area (Å²) in [5.41, 5.74) is 1.82. The average molecular weight is 424 g/mol. The standard InChI is InChI=1S/C18H14ClNO3S3/c1-26(21,22)23-25-12(10-14(19)13-6-2-5-9-17(13)25)11-18-20-15-7-3-4-8-16(15)24-18/h2-11,20H,1H3/b18-11-. The van der Waals surface area contributed by atoms with E-state index in [4.69, 9.17) is 15.2 Å². The number of hydrogen-bond donors (Lipinski definition) is 1. The number of thioether (sulfide) groups is 1. The van der Waals surface area contributed by atoms with Crippen molar-refractivity contribution in [3.05, 3.63) is 71.3 Å². The van der Waals surface area contributed by atoms with Crippen molar-refractivity contribution in [1.82, 2.24) is 0 Å². The number of halogens is 1. The second-order valence-corrected chi connectivity index (χ2v) is 10.6. The molecule has 8 heteroatoms. The Bertz CT molecular complexity index is 1080. The molecule has 0 spiro atoms. The normalized spacial score (nSPS) is 20.4. The van der Waals surface area contributed by atoms with Crippen LogP contribution in [-0.4, -0.2) is 19.5 Å². The lowest BCUT2D eigenvalue weighted by atomic mass is 10.2. The summed E-state index contributed by atoms with van der Waals surface area (Å²) in [7, 11) is -4.71. The molecule has 2 aliphatic heterocycles. The molecule has 26 heavy (non-hydrogen) atoms. The van der Waals surface area contributed by atoms with Crippen molar-refractivity contribution < 1.29 is 12.0 Å². The number of anilines is 1. The summed E-state index contributed by atoms with van der Waals surface area (Å²) in [6.45, 7) is 0. The van der Waals surface area contributed by atoms with Gasteiger partial charge in [0.15, 0.2) is 0 Å². The van der Waals surface area contributed by atoms with Gasteiger partial charge in [-0.3, -0.25) is 0 Å². The maximum atomic E-state index is 11.8. The molecule has 4 rings (SSSR count). The van der Waals surface area contributed by atoms with Crippen LogP contribution >= 0.6 is 34.1 Å². The predicted octanol–water partition coefficient (Wildman–Crippen LogP) is 5.03. The molecule has 0 aliphatic carbocycles. The Labute approximate surface area is 164 Å². The molecule has 4 nitrogen and oxygen atoms in total. The molecule has 2 aliphatic rings. The van der Waals surface area contributed by atoms with E-state index in [1.165, 1.54) is 0 Å². The maximum Gasteiger partial charge on any atom is 0.274 e. The van der Waals surface area contributed by atoms with Gasteiger partial charge in [-0.1, -0.05) is 53.7 Å². The van der Waals surface area contributed by atoms with Crippen molar-refractivity contribution in [3.8, 4) is 0 Å². The highest BCUT2D eigenvalue weighted by atomic mass is 35.5. The highest BCUT2D eigenvalue weighted by Crippen LogP contribution is 2.45. The minimum atomic E-state index is -3.64. The van der Waals surface area contributed by atoms with Crippen molar-refractivity contribution in [3.63, 3.8) is 0 Å². The minimum Gasteiger partial charge on any atom is -0.349 e. The Kier molecular flexibility index (Phi) is 4.75. The summed E-state index contributed by atoms with van der Waals surface area (Å²) in [4.78, 5) is 2.59. The summed E-state index contributed by atoms with van der Waals surface area (Å²) in [5, 5.41) is 4.80. The molecule has 1 atom stereocenters. The predicted molar refractivity (Wildman–Crippen MR) is 111 cm³/mol. The molecule has 1 unspecified atom stereocenters. The number of nitrogens with one attached hydrogen (secondary N) is 1. The molecule has 0 fully saturated rings. The van der Waals surface area contributed by atoms with Crippen LogP contribution in [0.3, 0.4) is 0 Å². The molecule has 0 aromatic heterocycles. The Morgan fingerprint density at radius 1 is 1.15 bits per heavy atom. The molecule has 0 bridgehead atoms. The zero-order valence-electron chi connectivity index (χ0n) is 13.6. The summed E-state index contributed by atoms with van der Waals surface area (Å²) < 4.78 is 29.1. The second-order valence-electron chi connectivity index (χ2n) is 5.66. The summed E-state index contributed by atoms with van der Waals surface area (Å²) in [6.07, 6.45) is 4.74. The largest absolute Gasteiger partial charge is 0.349 e. The number of allylic oxidation sites excluding steroid dienone is 2. The first-order valence-electron chi connectivity index (χ1n) is 7.64. The van der Waals surface area contributed by atoms with Gasteiger partial charge in [0.1, 0.15) is 0 Å². The molecular formula is C18H14ClNO3S3. The maximum absolute atomic E-state index is 11.8. The van der Waals surface area contributed by atoms with E-state index in [0.717, 1.165) is 32.3 Å². The second kappa shape index (κ2) is 6.90. The quantitative estimate of drug-likeness (QED) is 0.554. The van der Waals surface area contributed by atoms with Crippen molar-refractivity contribution in [1.29, 1.82) is 0 Å². The van der Waals surface area contributed by atoms with E-state index < -0.39 is 20.9 Å². The molecule has 1 N–H and O–H groups in total. The van der Waals surface area contributed by atoms with Gasteiger partial charge in [0.2, 0.25) is 0 Å². The lowest BCUT2D eigenvalue weighted by Gasteiger charge is -2.19. The minimum absolute atomic E-state index is 0.564. The number of rotatable bonds is 3. The van der Waals surface area contributed by atoms with Crippen molar-refractivity contribution in [2.45, 2.75) is 9.79 Å². The molecule has 0 saturated heterocycles. The Morgan fingerprint density at radius 2 is 1.88 bits per heavy atom. The van der Waals surface area contributed by atoms with Crippen LogP contribution < -0.4 is 5.32 Å². The third-order valence-corrected chi connectivity index (χ3v) is 7.94. The van der Waals surface area contributed by atoms with Gasteiger partial charge in [0, 0.05) is 31.0 Å². The molecule has 2 heterocycles. The van der Waals surface area contributed by atoms with Crippen LogP contribution in [0.2, 0.25) is 0 Å². The summed E-state index contributed by atoms with van der Waals surface area (Å²) in [6, 6.07) is 15.4. The Balaban J connectivity index is 1.83. The van der Waals surface area contributed by atoms with Crippen molar-refractivity contribution in [2.24, 2.45) is 0 Å². The zero-order valence-corrected chi connectivity index (χ0v) is 16.8. The van der Waals surface area contributed by atoms with Crippen LogP contribution in [0, 0.1) is 0 Å². The van der Waals surface area contributed by atoms with E-state index in [1.54, 1.807) is 17.8 Å². The first kappa shape index (κ1) is 17.9. The van der Waals surface area contributed by atoms with Crippen molar-refractivity contribution in [2.75, 3.05) is 11.6 Å². The molecular weight excluding hydrogens is 410 g/mol. The monoisotopic (exact) mass is 423 g/mol. The average Bonchev–Trinajstić information content (AvgIpc) is 3.00. The van der Waals surface area contributed by atoms with E-state index in [9.17, 15) is 8.42 Å². The fourth-order valence-corrected chi connectivity index (χ4v) is 6.95. The van der Waals surface area contributed by atoms with E-state index in [-0.39, 0.29) is 0 Å². The van der Waals surface area contributed by atoms with Gasteiger partial charge < -0.3 is 5.32 Å². The molecule has 0 saturated carbocycles. The molecule has 0 amide bonds. The number of benzene rings is 2. The third kappa shape index (κ3) is 3.63. The van der Waals surface area contributed by atoms with Crippen LogP contribution in [0.25, 0.3) is 5.03 Å². The van der Waals surface area contributed by atoms with E-state index >= 15 is 0 Å². The fourth-order valence-electron chi connectivity index (χ4n) is 2.63. The summed E-state index contributed by atoms with van der Waals surface area (Å²) >= 11 is 8.02. The van der Waals surface area contributed by atoms with Crippen LogP contribution in [0.15, 0.2) is 75.5 Å². The van der Waals surface area contributed by atoms with Crippen LogP contribution in [0.1, 0.15) is 5.56 Å². The van der Waals surface area contributed by atoms with Crippen molar-refractivity contribution >= 4 is 59.8 Å². The molecule has 2 aromatic rings. The van der Waals surface area contributed by atoms with Gasteiger partial charge in [-0.2, -0.15) is 8.42 Å². The first-order chi connectivity index (χ1) is 12.4. The van der Waals surface area contributed by atoms with Gasteiger partial charge in [-0.05, 0) is 30.4 Å². The van der Waals surface area contributed by atoms with Gasteiger partial charge in [0.05, 0.1) is 22.0 Å². The lowest BCUT2D eigenvalue weighted by molar-refractivity contribution is 0.524. The lowest BCUT2D eigenvalue weighted by Crippen LogP contribution is -2.07. The highest BCUT2D eigenvalue weighted by Gasteiger charge is 2.23. The molecule has 134 valence electrons. The van der Waals surface area contributed by atoms with Crippen LogP contribution in [0.5, 0.6) is 0 Å². The van der Waals surface area contributed by atoms with E-state index in [2.05, 4.69) is 5.32 Å². The Morgan fingerprint density at radius 3 is 2.65 bits per heavy atom. The van der Waals surface area contributed by atoms with E-state index in [1.807, 2.05) is 54.6 Å².